The van der Waals surface area contributed by atoms with Gasteiger partial charge in [0.2, 0.25) is 0 Å². The SMILES string of the molecule is Cc1cc(C)c2oc(C(=O)N(Cc3ccco3)[C@@H]3CCS(=O)(=O)C3)cc(=O)c2c1. The Hall–Kier alpha value is -2.87. The Kier molecular flexibility index (Phi) is 4.82. The molecule has 0 bridgehead atoms. The number of nitrogens with zero attached hydrogens (tertiary/aromatic N) is 1. The summed E-state index contributed by atoms with van der Waals surface area (Å²) in [4.78, 5) is 27.4. The highest BCUT2D eigenvalue weighted by atomic mass is 32.2. The number of benzene rings is 1. The summed E-state index contributed by atoms with van der Waals surface area (Å²) >= 11 is 0. The molecule has 8 heteroatoms. The van der Waals surface area contributed by atoms with Gasteiger partial charge in [0.25, 0.3) is 5.91 Å². The molecule has 1 fully saturated rings. The third-order valence-corrected chi connectivity index (χ3v) is 6.94. The summed E-state index contributed by atoms with van der Waals surface area (Å²) in [5.41, 5.74) is 1.74. The van der Waals surface area contributed by atoms with Crippen molar-refractivity contribution in [2.24, 2.45) is 0 Å². The first-order valence-electron chi connectivity index (χ1n) is 9.32. The lowest BCUT2D eigenvalue weighted by Gasteiger charge is -2.27. The Balaban J connectivity index is 1.77. The van der Waals surface area contributed by atoms with Crippen molar-refractivity contribution in [3.8, 4) is 0 Å². The maximum absolute atomic E-state index is 13.3. The minimum atomic E-state index is -3.21. The first-order valence-corrected chi connectivity index (χ1v) is 11.1. The normalized spacial score (nSPS) is 18.2. The van der Waals surface area contributed by atoms with Gasteiger partial charge in [0.05, 0.1) is 29.7 Å². The minimum absolute atomic E-state index is 0.0274. The second kappa shape index (κ2) is 7.18. The molecule has 1 aliphatic rings. The molecule has 3 heterocycles. The maximum atomic E-state index is 13.3. The van der Waals surface area contributed by atoms with E-state index in [0.29, 0.717) is 23.2 Å². The fourth-order valence-electron chi connectivity index (χ4n) is 3.81. The van der Waals surface area contributed by atoms with Crippen LogP contribution in [0.15, 0.2) is 50.2 Å². The first kappa shape index (κ1) is 19.4. The zero-order valence-electron chi connectivity index (χ0n) is 16.2. The monoisotopic (exact) mass is 415 g/mol. The van der Waals surface area contributed by atoms with Gasteiger partial charge >= 0.3 is 0 Å². The number of amides is 1. The fraction of sp³-hybridized carbons (Fsp3) is 0.333. The van der Waals surface area contributed by atoms with Crippen LogP contribution in [-0.4, -0.2) is 36.8 Å². The zero-order valence-corrected chi connectivity index (χ0v) is 17.0. The standard InChI is InChI=1S/C21H21NO6S/c1-13-8-14(2)20-17(9-13)18(23)10-19(28-20)21(24)22(11-16-4-3-6-27-16)15-5-7-29(25,26)12-15/h3-4,6,8-10,15H,5,7,11-12H2,1-2H3/t15-/m1/s1. The lowest BCUT2D eigenvalue weighted by molar-refractivity contribution is 0.0634. The molecule has 4 rings (SSSR count). The molecule has 29 heavy (non-hydrogen) atoms. The Morgan fingerprint density at radius 3 is 2.69 bits per heavy atom. The van der Waals surface area contributed by atoms with Gasteiger partial charge in [-0.05, 0) is 49.6 Å². The Morgan fingerprint density at radius 1 is 1.24 bits per heavy atom. The van der Waals surface area contributed by atoms with Gasteiger partial charge in [0, 0.05) is 12.1 Å². The minimum Gasteiger partial charge on any atom is -0.467 e. The van der Waals surface area contributed by atoms with Crippen LogP contribution in [0.1, 0.15) is 33.9 Å². The number of aryl methyl sites for hydroxylation is 2. The molecule has 2 aromatic heterocycles. The molecule has 0 saturated carbocycles. The molecule has 1 aromatic carbocycles. The average Bonchev–Trinajstić information content (AvgIpc) is 3.29. The van der Waals surface area contributed by atoms with Crippen LogP contribution in [0.4, 0.5) is 0 Å². The third-order valence-electron chi connectivity index (χ3n) is 5.19. The molecule has 7 nitrogen and oxygen atoms in total. The van der Waals surface area contributed by atoms with E-state index in [4.69, 9.17) is 8.83 Å². The molecule has 0 spiro atoms. The molecular formula is C21H21NO6S. The van der Waals surface area contributed by atoms with Gasteiger partial charge in [-0.2, -0.15) is 0 Å². The number of carbonyl (C=O) groups is 1. The highest BCUT2D eigenvalue weighted by Gasteiger charge is 2.36. The van der Waals surface area contributed by atoms with Crippen LogP contribution >= 0.6 is 0 Å². The number of sulfone groups is 1. The predicted molar refractivity (Wildman–Crippen MR) is 108 cm³/mol. The van der Waals surface area contributed by atoms with E-state index in [1.165, 1.54) is 17.2 Å². The molecule has 3 aromatic rings. The van der Waals surface area contributed by atoms with Crippen molar-refractivity contribution < 1.29 is 22.0 Å². The molecule has 1 amide bonds. The van der Waals surface area contributed by atoms with Crippen LogP contribution in [0.2, 0.25) is 0 Å². The molecule has 0 N–H and O–H groups in total. The second-order valence-corrected chi connectivity index (χ2v) is 9.73. The van der Waals surface area contributed by atoms with Gasteiger partial charge in [-0.15, -0.1) is 0 Å². The van der Waals surface area contributed by atoms with Crippen molar-refractivity contribution in [1.29, 1.82) is 0 Å². The van der Waals surface area contributed by atoms with E-state index < -0.39 is 21.8 Å². The molecule has 152 valence electrons. The van der Waals surface area contributed by atoms with Gasteiger partial charge in [-0.1, -0.05) is 6.07 Å². The van der Waals surface area contributed by atoms with E-state index in [0.717, 1.165) is 11.1 Å². The van der Waals surface area contributed by atoms with Crippen molar-refractivity contribution in [3.05, 3.63) is 69.5 Å². The molecule has 1 aliphatic heterocycles. The lowest BCUT2D eigenvalue weighted by atomic mass is 10.1. The molecule has 0 aliphatic carbocycles. The molecule has 0 unspecified atom stereocenters. The maximum Gasteiger partial charge on any atom is 0.290 e. The topological polar surface area (TPSA) is 97.8 Å². The van der Waals surface area contributed by atoms with Crippen LogP contribution in [-0.2, 0) is 16.4 Å². The summed E-state index contributed by atoms with van der Waals surface area (Å²) in [6.07, 6.45) is 1.83. The number of rotatable bonds is 4. The summed E-state index contributed by atoms with van der Waals surface area (Å²) < 4.78 is 35.1. The van der Waals surface area contributed by atoms with Gasteiger partial charge < -0.3 is 13.7 Å². The van der Waals surface area contributed by atoms with Crippen LogP contribution in [0.25, 0.3) is 11.0 Å². The molecule has 1 atom stereocenters. The number of hydrogen-bond donors (Lipinski definition) is 0. The van der Waals surface area contributed by atoms with Gasteiger partial charge in [0.15, 0.2) is 21.0 Å². The van der Waals surface area contributed by atoms with E-state index in [2.05, 4.69) is 0 Å². The van der Waals surface area contributed by atoms with Crippen LogP contribution in [0.5, 0.6) is 0 Å². The smallest absolute Gasteiger partial charge is 0.290 e. The number of hydrogen-bond acceptors (Lipinski definition) is 6. The van der Waals surface area contributed by atoms with Crippen molar-refractivity contribution in [1.82, 2.24) is 4.90 Å². The summed E-state index contributed by atoms with van der Waals surface area (Å²) in [5, 5.41) is 0.417. The van der Waals surface area contributed by atoms with E-state index in [-0.39, 0.29) is 29.2 Å². The van der Waals surface area contributed by atoms with Crippen molar-refractivity contribution >= 4 is 26.7 Å². The number of furan rings is 1. The van der Waals surface area contributed by atoms with E-state index >= 15 is 0 Å². The second-order valence-electron chi connectivity index (χ2n) is 7.50. The average molecular weight is 415 g/mol. The first-order chi connectivity index (χ1) is 13.7. The summed E-state index contributed by atoms with van der Waals surface area (Å²) in [6, 6.07) is 7.70. The van der Waals surface area contributed by atoms with E-state index in [1.54, 1.807) is 18.2 Å². The number of fused-ring (bicyclic) bond motifs is 1. The van der Waals surface area contributed by atoms with Gasteiger partial charge in [0.1, 0.15) is 11.3 Å². The summed E-state index contributed by atoms with van der Waals surface area (Å²) in [7, 11) is -3.21. The van der Waals surface area contributed by atoms with Crippen molar-refractivity contribution in [2.75, 3.05) is 11.5 Å². The quantitative estimate of drug-likeness (QED) is 0.650. The zero-order chi connectivity index (χ0) is 20.8. The van der Waals surface area contributed by atoms with Crippen LogP contribution in [0, 0.1) is 13.8 Å². The molecule has 1 saturated heterocycles. The highest BCUT2D eigenvalue weighted by Crippen LogP contribution is 2.24. The Morgan fingerprint density at radius 2 is 2.03 bits per heavy atom. The van der Waals surface area contributed by atoms with Gasteiger partial charge in [-0.25, -0.2) is 8.42 Å². The van der Waals surface area contributed by atoms with Gasteiger partial charge in [-0.3, -0.25) is 9.59 Å². The highest BCUT2D eigenvalue weighted by molar-refractivity contribution is 7.91. The predicted octanol–water partition coefficient (Wildman–Crippen LogP) is 2.83. The van der Waals surface area contributed by atoms with Crippen molar-refractivity contribution in [3.63, 3.8) is 0 Å². The Bertz CT molecular complexity index is 1240. The number of carbonyl (C=O) groups excluding carboxylic acids is 1. The van der Waals surface area contributed by atoms with E-state index in [9.17, 15) is 18.0 Å². The third kappa shape index (κ3) is 3.85. The summed E-state index contributed by atoms with van der Waals surface area (Å²) in [6.45, 7) is 3.80. The molecule has 0 radical (unpaired) electrons. The Labute approximate surface area is 167 Å². The fourth-order valence-corrected chi connectivity index (χ4v) is 5.55. The largest absolute Gasteiger partial charge is 0.467 e. The summed E-state index contributed by atoms with van der Waals surface area (Å²) in [5.74, 6) is -0.194. The van der Waals surface area contributed by atoms with E-state index in [1.807, 2.05) is 19.9 Å². The van der Waals surface area contributed by atoms with Crippen LogP contribution in [0.3, 0.4) is 0 Å². The lowest BCUT2D eigenvalue weighted by Crippen LogP contribution is -2.40. The van der Waals surface area contributed by atoms with Crippen molar-refractivity contribution in [2.45, 2.75) is 32.9 Å². The molecular weight excluding hydrogens is 394 g/mol. The van der Waals surface area contributed by atoms with Crippen LogP contribution < -0.4 is 5.43 Å².